The molecule has 148 valence electrons. The van der Waals surface area contributed by atoms with Gasteiger partial charge in [-0.3, -0.25) is 4.57 Å². The summed E-state index contributed by atoms with van der Waals surface area (Å²) in [6.45, 7) is 0.427. The molecule has 0 amide bonds. The molecule has 0 fully saturated rings. The molecule has 0 aliphatic heterocycles. The van der Waals surface area contributed by atoms with Crippen LogP contribution in [-0.2, 0) is 6.54 Å². The van der Waals surface area contributed by atoms with E-state index in [0.29, 0.717) is 12.2 Å². The van der Waals surface area contributed by atoms with Crippen LogP contribution in [-0.4, -0.2) is 31.4 Å². The second-order valence-corrected chi connectivity index (χ2v) is 6.95. The van der Waals surface area contributed by atoms with Gasteiger partial charge in [-0.15, -0.1) is 0 Å². The third kappa shape index (κ3) is 3.16. The SMILES string of the molecule is COc1cccc(Cn2cnn(-c3ccc(-c4ccnc5[nH]ccc45)cc3)c2=O)c1. The molecule has 0 aliphatic rings. The Morgan fingerprint density at radius 1 is 1.07 bits per heavy atom. The average molecular weight is 397 g/mol. The van der Waals surface area contributed by atoms with Crippen molar-refractivity contribution in [3.8, 4) is 22.6 Å². The Hall–Kier alpha value is -4.13. The van der Waals surface area contributed by atoms with Gasteiger partial charge < -0.3 is 9.72 Å². The van der Waals surface area contributed by atoms with Gasteiger partial charge >= 0.3 is 5.69 Å². The van der Waals surface area contributed by atoms with Crippen LogP contribution in [0.2, 0.25) is 0 Å². The van der Waals surface area contributed by atoms with Crippen LogP contribution < -0.4 is 10.4 Å². The van der Waals surface area contributed by atoms with E-state index in [-0.39, 0.29) is 5.69 Å². The fourth-order valence-corrected chi connectivity index (χ4v) is 3.58. The fraction of sp³-hybridized carbons (Fsp3) is 0.0870. The van der Waals surface area contributed by atoms with Crippen molar-refractivity contribution >= 4 is 11.0 Å². The number of ether oxygens (including phenoxy) is 1. The Morgan fingerprint density at radius 3 is 2.77 bits per heavy atom. The summed E-state index contributed by atoms with van der Waals surface area (Å²) in [5.41, 5.74) is 4.48. The van der Waals surface area contributed by atoms with E-state index in [1.54, 1.807) is 24.2 Å². The molecule has 7 heteroatoms. The van der Waals surface area contributed by atoms with Crippen LogP contribution in [0.15, 0.2) is 84.2 Å². The smallest absolute Gasteiger partial charge is 0.350 e. The van der Waals surface area contributed by atoms with Gasteiger partial charge in [0.1, 0.15) is 17.7 Å². The first-order valence-corrected chi connectivity index (χ1v) is 9.53. The molecule has 0 saturated carbocycles. The highest BCUT2D eigenvalue weighted by Crippen LogP contribution is 2.27. The standard InChI is InChI=1S/C23H19N5O2/c1-30-19-4-2-3-16(13-19)14-27-15-26-28(23(27)29)18-7-5-17(6-8-18)20-9-11-24-22-21(20)10-12-25-22/h2-13,15H,14H2,1H3,(H,24,25). The minimum absolute atomic E-state index is 0.192. The Bertz CT molecular complexity index is 1380. The third-order valence-electron chi connectivity index (χ3n) is 5.10. The monoisotopic (exact) mass is 397 g/mol. The van der Waals surface area contributed by atoms with E-state index in [0.717, 1.165) is 33.5 Å². The molecule has 0 saturated heterocycles. The first-order chi connectivity index (χ1) is 14.7. The van der Waals surface area contributed by atoms with E-state index < -0.39 is 0 Å². The van der Waals surface area contributed by atoms with Crippen molar-refractivity contribution in [1.29, 1.82) is 0 Å². The second kappa shape index (κ2) is 7.36. The number of pyridine rings is 1. The van der Waals surface area contributed by atoms with Crippen LogP contribution in [0.1, 0.15) is 5.56 Å². The molecule has 1 N–H and O–H groups in total. The van der Waals surface area contributed by atoms with E-state index in [4.69, 9.17) is 4.74 Å². The van der Waals surface area contributed by atoms with Gasteiger partial charge in [0.15, 0.2) is 0 Å². The number of hydrogen-bond donors (Lipinski definition) is 1. The highest BCUT2D eigenvalue weighted by atomic mass is 16.5. The highest BCUT2D eigenvalue weighted by molar-refractivity contribution is 5.92. The zero-order valence-corrected chi connectivity index (χ0v) is 16.3. The number of methoxy groups -OCH3 is 1. The highest BCUT2D eigenvalue weighted by Gasteiger charge is 2.10. The maximum atomic E-state index is 12.8. The van der Waals surface area contributed by atoms with Crippen molar-refractivity contribution in [2.45, 2.75) is 6.54 Å². The summed E-state index contributed by atoms with van der Waals surface area (Å²) in [6, 6.07) is 19.4. The summed E-state index contributed by atoms with van der Waals surface area (Å²) in [5.74, 6) is 0.760. The number of H-pyrrole nitrogens is 1. The number of fused-ring (bicyclic) bond motifs is 1. The minimum atomic E-state index is -0.192. The Labute approximate surface area is 172 Å². The third-order valence-corrected chi connectivity index (χ3v) is 5.10. The van der Waals surface area contributed by atoms with Crippen molar-refractivity contribution < 1.29 is 4.74 Å². The average Bonchev–Trinajstić information content (AvgIpc) is 3.41. The summed E-state index contributed by atoms with van der Waals surface area (Å²) < 4.78 is 8.24. The molecule has 3 aromatic heterocycles. The molecular formula is C23H19N5O2. The van der Waals surface area contributed by atoms with E-state index in [1.165, 1.54) is 4.68 Å². The lowest BCUT2D eigenvalue weighted by Crippen LogP contribution is -2.24. The van der Waals surface area contributed by atoms with Crippen LogP contribution in [0.4, 0.5) is 0 Å². The van der Waals surface area contributed by atoms with Crippen molar-refractivity contribution in [2.75, 3.05) is 7.11 Å². The Kier molecular flexibility index (Phi) is 4.40. The molecule has 30 heavy (non-hydrogen) atoms. The number of hydrogen-bond acceptors (Lipinski definition) is 4. The van der Waals surface area contributed by atoms with Crippen molar-refractivity contribution in [3.05, 3.63) is 95.4 Å². The van der Waals surface area contributed by atoms with Crippen LogP contribution in [0.3, 0.4) is 0 Å². The normalized spacial score (nSPS) is 11.1. The van der Waals surface area contributed by atoms with Gasteiger partial charge in [0.2, 0.25) is 0 Å². The predicted molar refractivity (Wildman–Crippen MR) is 115 cm³/mol. The zero-order valence-electron chi connectivity index (χ0n) is 16.3. The molecule has 7 nitrogen and oxygen atoms in total. The summed E-state index contributed by atoms with van der Waals surface area (Å²) in [7, 11) is 1.62. The topological polar surface area (TPSA) is 77.7 Å². The number of benzene rings is 2. The van der Waals surface area contributed by atoms with Crippen molar-refractivity contribution in [3.63, 3.8) is 0 Å². The van der Waals surface area contributed by atoms with Gasteiger partial charge in [-0.1, -0.05) is 24.3 Å². The molecule has 0 atom stereocenters. The van der Waals surface area contributed by atoms with E-state index >= 15 is 0 Å². The van der Waals surface area contributed by atoms with E-state index in [9.17, 15) is 4.79 Å². The van der Waals surface area contributed by atoms with Crippen molar-refractivity contribution in [2.24, 2.45) is 0 Å². The zero-order chi connectivity index (χ0) is 20.5. The maximum absolute atomic E-state index is 12.8. The first-order valence-electron chi connectivity index (χ1n) is 9.53. The lowest BCUT2D eigenvalue weighted by atomic mass is 10.0. The number of nitrogens with one attached hydrogen (secondary N) is 1. The summed E-state index contributed by atoms with van der Waals surface area (Å²) in [5, 5.41) is 5.35. The van der Waals surface area contributed by atoms with Crippen LogP contribution >= 0.6 is 0 Å². The summed E-state index contributed by atoms with van der Waals surface area (Å²) in [6.07, 6.45) is 5.22. The summed E-state index contributed by atoms with van der Waals surface area (Å²) >= 11 is 0. The molecule has 0 radical (unpaired) electrons. The van der Waals surface area contributed by atoms with Gasteiger partial charge in [-0.25, -0.2) is 9.78 Å². The number of nitrogens with zero attached hydrogens (tertiary/aromatic N) is 4. The van der Waals surface area contributed by atoms with E-state index in [2.05, 4.69) is 15.1 Å². The molecule has 3 heterocycles. The van der Waals surface area contributed by atoms with Crippen LogP contribution in [0.25, 0.3) is 27.8 Å². The first kappa shape index (κ1) is 17.9. The molecule has 5 rings (SSSR count). The molecule has 0 unspecified atom stereocenters. The van der Waals surface area contributed by atoms with Gasteiger partial charge in [0, 0.05) is 17.8 Å². The van der Waals surface area contributed by atoms with Crippen LogP contribution in [0, 0.1) is 0 Å². The minimum Gasteiger partial charge on any atom is -0.497 e. The number of aromatic nitrogens is 5. The predicted octanol–water partition coefficient (Wildman–Crippen LogP) is 3.63. The molecule has 0 aliphatic carbocycles. The molecule has 2 aromatic carbocycles. The molecule has 5 aromatic rings. The maximum Gasteiger partial charge on any atom is 0.350 e. The van der Waals surface area contributed by atoms with E-state index in [1.807, 2.05) is 66.9 Å². The lowest BCUT2D eigenvalue weighted by molar-refractivity contribution is 0.414. The lowest BCUT2D eigenvalue weighted by Gasteiger charge is -2.06. The Balaban J connectivity index is 1.44. The van der Waals surface area contributed by atoms with Gasteiger partial charge in [-0.2, -0.15) is 9.78 Å². The quantitative estimate of drug-likeness (QED) is 0.491. The van der Waals surface area contributed by atoms with Crippen molar-refractivity contribution in [1.82, 2.24) is 24.3 Å². The number of rotatable bonds is 5. The van der Waals surface area contributed by atoms with Crippen LogP contribution in [0.5, 0.6) is 5.75 Å². The molecule has 0 bridgehead atoms. The second-order valence-electron chi connectivity index (χ2n) is 6.95. The molecular weight excluding hydrogens is 378 g/mol. The Morgan fingerprint density at radius 2 is 1.93 bits per heavy atom. The summed E-state index contributed by atoms with van der Waals surface area (Å²) in [4.78, 5) is 20.3. The fourth-order valence-electron chi connectivity index (χ4n) is 3.58. The van der Waals surface area contributed by atoms with Gasteiger partial charge in [0.05, 0.1) is 19.3 Å². The van der Waals surface area contributed by atoms with Gasteiger partial charge in [0.25, 0.3) is 0 Å². The largest absolute Gasteiger partial charge is 0.497 e. The molecule has 0 spiro atoms. The number of aromatic amines is 1. The van der Waals surface area contributed by atoms with Gasteiger partial charge in [-0.05, 0) is 53.1 Å².